The summed E-state index contributed by atoms with van der Waals surface area (Å²) in [5, 5.41) is 8.61. The van der Waals surface area contributed by atoms with Crippen molar-refractivity contribution in [1.29, 1.82) is 5.26 Å². The summed E-state index contributed by atoms with van der Waals surface area (Å²) in [6.07, 6.45) is 3.62. The highest BCUT2D eigenvalue weighted by molar-refractivity contribution is 5.50. The molecular formula is C12H13FN2. The zero-order chi connectivity index (χ0) is 10.8. The second-order valence-corrected chi connectivity index (χ2v) is 3.97. The normalized spacial score (nSPS) is 15.5. The predicted octanol–water partition coefficient (Wildman–Crippen LogP) is 2.69. The standard InChI is InChI=1S/C12H13FN2/c1-15(10-3-2-4-10)11-6-5-9(8-14)12(13)7-11/h5-7,10H,2-4H2,1H3. The van der Waals surface area contributed by atoms with Crippen LogP contribution < -0.4 is 4.90 Å². The summed E-state index contributed by atoms with van der Waals surface area (Å²) in [4.78, 5) is 2.09. The lowest BCUT2D eigenvalue weighted by Gasteiger charge is -2.36. The van der Waals surface area contributed by atoms with Gasteiger partial charge in [0.15, 0.2) is 0 Å². The summed E-state index contributed by atoms with van der Waals surface area (Å²) >= 11 is 0. The van der Waals surface area contributed by atoms with E-state index in [0.29, 0.717) is 6.04 Å². The first kappa shape index (κ1) is 9.97. The van der Waals surface area contributed by atoms with Crippen LogP contribution in [0.3, 0.4) is 0 Å². The third-order valence-corrected chi connectivity index (χ3v) is 3.10. The molecule has 1 aliphatic rings. The summed E-state index contributed by atoms with van der Waals surface area (Å²) in [6.45, 7) is 0. The lowest BCUT2D eigenvalue weighted by atomic mass is 9.91. The Morgan fingerprint density at radius 2 is 2.20 bits per heavy atom. The molecule has 0 aliphatic heterocycles. The Bertz CT molecular complexity index is 405. The molecule has 0 spiro atoms. The van der Waals surface area contributed by atoms with Crippen LogP contribution in [-0.2, 0) is 0 Å². The molecule has 1 aliphatic carbocycles. The maximum atomic E-state index is 13.3. The van der Waals surface area contributed by atoms with Crippen molar-refractivity contribution in [1.82, 2.24) is 0 Å². The van der Waals surface area contributed by atoms with Gasteiger partial charge in [-0.3, -0.25) is 0 Å². The van der Waals surface area contributed by atoms with Gasteiger partial charge in [0.05, 0.1) is 5.56 Å². The lowest BCUT2D eigenvalue weighted by Crippen LogP contribution is -2.37. The Morgan fingerprint density at radius 3 is 2.67 bits per heavy atom. The van der Waals surface area contributed by atoms with Crippen molar-refractivity contribution >= 4 is 5.69 Å². The molecule has 1 saturated carbocycles. The smallest absolute Gasteiger partial charge is 0.143 e. The minimum absolute atomic E-state index is 0.112. The van der Waals surface area contributed by atoms with Crippen LogP contribution in [0.5, 0.6) is 0 Å². The van der Waals surface area contributed by atoms with Gasteiger partial charge in [0.2, 0.25) is 0 Å². The van der Waals surface area contributed by atoms with Gasteiger partial charge in [0, 0.05) is 18.8 Å². The van der Waals surface area contributed by atoms with Crippen LogP contribution >= 0.6 is 0 Å². The molecule has 0 saturated heterocycles. The second-order valence-electron chi connectivity index (χ2n) is 3.97. The van der Waals surface area contributed by atoms with Gasteiger partial charge in [-0.25, -0.2) is 4.39 Å². The van der Waals surface area contributed by atoms with Crippen molar-refractivity contribution in [3.8, 4) is 6.07 Å². The van der Waals surface area contributed by atoms with E-state index in [-0.39, 0.29) is 5.56 Å². The van der Waals surface area contributed by atoms with Crippen LogP contribution in [-0.4, -0.2) is 13.1 Å². The zero-order valence-electron chi connectivity index (χ0n) is 8.70. The molecule has 2 nitrogen and oxygen atoms in total. The Morgan fingerprint density at radius 1 is 1.47 bits per heavy atom. The van der Waals surface area contributed by atoms with Gasteiger partial charge < -0.3 is 4.90 Å². The highest BCUT2D eigenvalue weighted by Gasteiger charge is 2.22. The predicted molar refractivity (Wildman–Crippen MR) is 57.2 cm³/mol. The molecule has 1 fully saturated rings. The number of anilines is 1. The molecule has 15 heavy (non-hydrogen) atoms. The molecule has 0 amide bonds. The second kappa shape index (κ2) is 3.90. The summed E-state index contributed by atoms with van der Waals surface area (Å²) in [6, 6.07) is 7.15. The minimum Gasteiger partial charge on any atom is -0.372 e. The maximum Gasteiger partial charge on any atom is 0.143 e. The number of hydrogen-bond donors (Lipinski definition) is 0. The van der Waals surface area contributed by atoms with Crippen molar-refractivity contribution in [2.24, 2.45) is 0 Å². The van der Waals surface area contributed by atoms with Gasteiger partial charge in [-0.05, 0) is 37.5 Å². The minimum atomic E-state index is -0.429. The van der Waals surface area contributed by atoms with Gasteiger partial charge in [-0.1, -0.05) is 0 Å². The molecule has 0 atom stereocenters. The van der Waals surface area contributed by atoms with E-state index >= 15 is 0 Å². The van der Waals surface area contributed by atoms with Crippen molar-refractivity contribution in [2.75, 3.05) is 11.9 Å². The van der Waals surface area contributed by atoms with E-state index < -0.39 is 5.82 Å². The van der Waals surface area contributed by atoms with Gasteiger partial charge >= 0.3 is 0 Å². The van der Waals surface area contributed by atoms with E-state index in [1.165, 1.54) is 25.3 Å². The van der Waals surface area contributed by atoms with Gasteiger partial charge in [0.1, 0.15) is 11.9 Å². The van der Waals surface area contributed by atoms with E-state index in [1.54, 1.807) is 12.1 Å². The Labute approximate surface area is 88.9 Å². The van der Waals surface area contributed by atoms with Crippen molar-refractivity contribution < 1.29 is 4.39 Å². The maximum absolute atomic E-state index is 13.3. The van der Waals surface area contributed by atoms with Gasteiger partial charge in [-0.15, -0.1) is 0 Å². The van der Waals surface area contributed by atoms with Crippen molar-refractivity contribution in [2.45, 2.75) is 25.3 Å². The molecule has 0 aromatic heterocycles. The fraction of sp³-hybridized carbons (Fsp3) is 0.417. The molecule has 0 radical (unpaired) electrons. The molecule has 78 valence electrons. The fourth-order valence-corrected chi connectivity index (χ4v) is 1.80. The van der Waals surface area contributed by atoms with E-state index in [4.69, 9.17) is 5.26 Å². The monoisotopic (exact) mass is 204 g/mol. The van der Waals surface area contributed by atoms with Crippen LogP contribution in [0.2, 0.25) is 0 Å². The number of rotatable bonds is 2. The number of nitriles is 1. The Kier molecular flexibility index (Phi) is 2.59. The quantitative estimate of drug-likeness (QED) is 0.740. The Balaban J connectivity index is 2.22. The van der Waals surface area contributed by atoms with Crippen molar-refractivity contribution in [3.63, 3.8) is 0 Å². The molecule has 0 heterocycles. The van der Waals surface area contributed by atoms with Crippen LogP contribution in [0.4, 0.5) is 10.1 Å². The number of nitrogens with zero attached hydrogens (tertiary/aromatic N) is 2. The topological polar surface area (TPSA) is 27.0 Å². The fourth-order valence-electron chi connectivity index (χ4n) is 1.80. The zero-order valence-corrected chi connectivity index (χ0v) is 8.70. The lowest BCUT2D eigenvalue weighted by molar-refractivity contribution is 0.401. The summed E-state index contributed by atoms with van der Waals surface area (Å²) in [5.41, 5.74) is 0.969. The molecule has 1 aromatic rings. The molecule has 3 heteroatoms. The van der Waals surface area contributed by atoms with Crippen LogP contribution in [0.15, 0.2) is 18.2 Å². The average Bonchev–Trinajstić information content (AvgIpc) is 2.15. The van der Waals surface area contributed by atoms with E-state index in [0.717, 1.165) is 5.69 Å². The Hall–Kier alpha value is -1.56. The molecule has 1 aromatic carbocycles. The first-order valence-electron chi connectivity index (χ1n) is 5.15. The molecule has 0 unspecified atom stereocenters. The molecule has 2 rings (SSSR count). The third-order valence-electron chi connectivity index (χ3n) is 3.10. The third kappa shape index (κ3) is 1.80. The summed E-state index contributed by atoms with van der Waals surface area (Å²) in [5.74, 6) is -0.429. The van der Waals surface area contributed by atoms with E-state index in [9.17, 15) is 4.39 Å². The van der Waals surface area contributed by atoms with Crippen LogP contribution in [0, 0.1) is 17.1 Å². The average molecular weight is 204 g/mol. The molecule has 0 bridgehead atoms. The first-order chi connectivity index (χ1) is 7.22. The van der Waals surface area contributed by atoms with Gasteiger partial charge in [0.25, 0.3) is 0 Å². The number of benzene rings is 1. The van der Waals surface area contributed by atoms with Crippen LogP contribution in [0.25, 0.3) is 0 Å². The molecular weight excluding hydrogens is 191 g/mol. The first-order valence-corrected chi connectivity index (χ1v) is 5.15. The molecule has 0 N–H and O–H groups in total. The number of halogens is 1. The summed E-state index contributed by atoms with van der Waals surface area (Å²) < 4.78 is 13.3. The largest absolute Gasteiger partial charge is 0.372 e. The number of hydrogen-bond acceptors (Lipinski definition) is 2. The highest BCUT2D eigenvalue weighted by Crippen LogP contribution is 2.28. The van der Waals surface area contributed by atoms with Crippen molar-refractivity contribution in [3.05, 3.63) is 29.6 Å². The SMILES string of the molecule is CN(c1ccc(C#N)c(F)c1)C1CCC1. The van der Waals surface area contributed by atoms with Gasteiger partial charge in [-0.2, -0.15) is 5.26 Å². The summed E-state index contributed by atoms with van der Waals surface area (Å²) in [7, 11) is 1.98. The van der Waals surface area contributed by atoms with Crippen LogP contribution in [0.1, 0.15) is 24.8 Å². The highest BCUT2D eigenvalue weighted by atomic mass is 19.1. The van der Waals surface area contributed by atoms with E-state index in [2.05, 4.69) is 4.90 Å². The van der Waals surface area contributed by atoms with E-state index in [1.807, 2.05) is 13.1 Å².